The smallest absolute Gasteiger partial charge is 0.127 e. The van der Waals surface area contributed by atoms with E-state index in [4.69, 9.17) is 5.73 Å². The highest BCUT2D eigenvalue weighted by Gasteiger charge is 2.05. The Morgan fingerprint density at radius 3 is 2.84 bits per heavy atom. The third-order valence-corrected chi connectivity index (χ3v) is 4.04. The molecule has 1 heterocycles. The van der Waals surface area contributed by atoms with Crippen molar-refractivity contribution in [2.45, 2.75) is 19.5 Å². The normalized spacial score (nSPS) is 11.2. The number of benzene rings is 1. The molecule has 0 saturated carbocycles. The summed E-state index contributed by atoms with van der Waals surface area (Å²) in [4.78, 5) is 3.64. The first-order chi connectivity index (χ1) is 9.19. The Labute approximate surface area is 117 Å². The highest BCUT2D eigenvalue weighted by atomic mass is 32.1. The minimum atomic E-state index is -0.215. The summed E-state index contributed by atoms with van der Waals surface area (Å²) in [5, 5.41) is 2.10. The van der Waals surface area contributed by atoms with Crippen LogP contribution in [0.15, 0.2) is 35.7 Å². The predicted octanol–water partition coefficient (Wildman–Crippen LogP) is 3.02. The van der Waals surface area contributed by atoms with E-state index in [1.54, 1.807) is 11.3 Å². The van der Waals surface area contributed by atoms with Gasteiger partial charge in [0, 0.05) is 30.1 Å². The Kier molecular flexibility index (Phi) is 5.07. The zero-order valence-electron chi connectivity index (χ0n) is 11.1. The zero-order valence-corrected chi connectivity index (χ0v) is 11.9. The lowest BCUT2D eigenvalue weighted by atomic mass is 10.1. The number of hydrogen-bond acceptors (Lipinski definition) is 3. The van der Waals surface area contributed by atoms with Gasteiger partial charge in [-0.25, -0.2) is 4.39 Å². The van der Waals surface area contributed by atoms with Crippen LogP contribution in [-0.4, -0.2) is 18.5 Å². The molecule has 0 saturated heterocycles. The Morgan fingerprint density at radius 2 is 2.16 bits per heavy atom. The van der Waals surface area contributed by atoms with Crippen LogP contribution in [0.25, 0.3) is 0 Å². The van der Waals surface area contributed by atoms with Gasteiger partial charge in [0.1, 0.15) is 5.82 Å². The summed E-state index contributed by atoms with van der Waals surface area (Å²) in [6.45, 7) is 2.06. The van der Waals surface area contributed by atoms with E-state index in [9.17, 15) is 4.39 Å². The van der Waals surface area contributed by atoms with Crippen molar-refractivity contribution >= 4 is 11.3 Å². The van der Waals surface area contributed by atoms with Crippen molar-refractivity contribution in [2.75, 3.05) is 13.6 Å². The molecule has 1 aromatic carbocycles. The second kappa shape index (κ2) is 6.80. The van der Waals surface area contributed by atoms with E-state index in [0.29, 0.717) is 5.56 Å². The number of likely N-dealkylation sites (N-methyl/N-ethyl adjacent to an activating group) is 1. The van der Waals surface area contributed by atoms with E-state index in [1.807, 2.05) is 12.1 Å². The first kappa shape index (κ1) is 14.2. The Hall–Kier alpha value is -1.23. The molecule has 0 aliphatic heterocycles. The van der Waals surface area contributed by atoms with Crippen molar-refractivity contribution in [3.63, 3.8) is 0 Å². The van der Waals surface area contributed by atoms with E-state index in [-0.39, 0.29) is 12.4 Å². The maximum absolute atomic E-state index is 13.3. The summed E-state index contributed by atoms with van der Waals surface area (Å²) in [7, 11) is 2.08. The monoisotopic (exact) mass is 278 g/mol. The van der Waals surface area contributed by atoms with Crippen molar-refractivity contribution in [2.24, 2.45) is 5.73 Å². The number of thiophene rings is 1. The molecule has 4 heteroatoms. The molecule has 102 valence electrons. The third-order valence-electron chi connectivity index (χ3n) is 3.10. The Bertz CT molecular complexity index is 511. The number of rotatable bonds is 6. The molecule has 0 aliphatic rings. The molecular formula is C15H19FN2S. The first-order valence-corrected chi connectivity index (χ1v) is 7.25. The van der Waals surface area contributed by atoms with Gasteiger partial charge in [-0.15, -0.1) is 11.3 Å². The highest BCUT2D eigenvalue weighted by Crippen LogP contribution is 2.13. The summed E-state index contributed by atoms with van der Waals surface area (Å²) in [6.07, 6.45) is 1.05. The fourth-order valence-corrected chi connectivity index (χ4v) is 2.73. The third kappa shape index (κ3) is 4.13. The molecule has 2 N–H and O–H groups in total. The zero-order chi connectivity index (χ0) is 13.7. The van der Waals surface area contributed by atoms with Crippen LogP contribution in [0.5, 0.6) is 0 Å². The van der Waals surface area contributed by atoms with Crippen molar-refractivity contribution < 1.29 is 4.39 Å². The second-order valence-electron chi connectivity index (χ2n) is 4.70. The Balaban J connectivity index is 1.89. The fourth-order valence-electron chi connectivity index (χ4n) is 2.03. The lowest BCUT2D eigenvalue weighted by molar-refractivity contribution is 0.331. The number of nitrogens with zero attached hydrogens (tertiary/aromatic N) is 1. The van der Waals surface area contributed by atoms with Crippen LogP contribution in [0.2, 0.25) is 0 Å². The van der Waals surface area contributed by atoms with E-state index in [2.05, 4.69) is 29.5 Å². The Morgan fingerprint density at radius 1 is 1.32 bits per heavy atom. The molecular weight excluding hydrogens is 259 g/mol. The van der Waals surface area contributed by atoms with Gasteiger partial charge in [0.05, 0.1) is 0 Å². The van der Waals surface area contributed by atoms with Crippen LogP contribution in [-0.2, 0) is 19.5 Å². The summed E-state index contributed by atoms with van der Waals surface area (Å²) in [6, 6.07) is 9.42. The van der Waals surface area contributed by atoms with Crippen LogP contribution in [0.4, 0.5) is 4.39 Å². The molecule has 0 aliphatic carbocycles. The maximum atomic E-state index is 13.3. The number of hydrogen-bond donors (Lipinski definition) is 1. The van der Waals surface area contributed by atoms with E-state index in [0.717, 1.165) is 25.1 Å². The fraction of sp³-hybridized carbons (Fsp3) is 0.333. The molecule has 0 radical (unpaired) electrons. The first-order valence-electron chi connectivity index (χ1n) is 6.37. The molecule has 0 spiro atoms. The minimum absolute atomic E-state index is 0.215. The van der Waals surface area contributed by atoms with Crippen LogP contribution >= 0.6 is 11.3 Å². The second-order valence-corrected chi connectivity index (χ2v) is 5.73. The molecule has 0 bridgehead atoms. The summed E-state index contributed by atoms with van der Waals surface area (Å²) >= 11 is 1.79. The number of nitrogens with two attached hydrogens (primary N) is 1. The maximum Gasteiger partial charge on any atom is 0.127 e. The van der Waals surface area contributed by atoms with Crippen molar-refractivity contribution in [1.29, 1.82) is 0 Å². The van der Waals surface area contributed by atoms with Gasteiger partial charge >= 0.3 is 0 Å². The minimum Gasteiger partial charge on any atom is -0.326 e. The molecule has 0 unspecified atom stereocenters. The highest BCUT2D eigenvalue weighted by molar-refractivity contribution is 7.09. The van der Waals surface area contributed by atoms with Gasteiger partial charge in [-0.1, -0.05) is 18.2 Å². The van der Waals surface area contributed by atoms with Gasteiger partial charge in [0.15, 0.2) is 0 Å². The average molecular weight is 278 g/mol. The summed E-state index contributed by atoms with van der Waals surface area (Å²) in [5.74, 6) is -0.215. The van der Waals surface area contributed by atoms with Gasteiger partial charge in [0.2, 0.25) is 0 Å². The standard InChI is InChI=1S/C15H19FN2S/c1-18(7-6-14-3-2-8-19-14)11-12-4-5-15(16)13(9-12)10-17/h2-5,8-9H,6-7,10-11,17H2,1H3. The van der Waals surface area contributed by atoms with Crippen LogP contribution in [0.3, 0.4) is 0 Å². The van der Waals surface area contributed by atoms with Crippen LogP contribution in [0, 0.1) is 5.82 Å². The van der Waals surface area contributed by atoms with Crippen LogP contribution in [0.1, 0.15) is 16.0 Å². The van der Waals surface area contributed by atoms with Crippen molar-refractivity contribution in [3.05, 3.63) is 57.5 Å². The van der Waals surface area contributed by atoms with E-state index in [1.165, 1.54) is 10.9 Å². The summed E-state index contributed by atoms with van der Waals surface area (Å²) in [5.41, 5.74) is 7.22. The quantitative estimate of drug-likeness (QED) is 0.880. The molecule has 0 amide bonds. The molecule has 1 aromatic heterocycles. The topological polar surface area (TPSA) is 29.3 Å². The summed E-state index contributed by atoms with van der Waals surface area (Å²) < 4.78 is 13.3. The van der Waals surface area contributed by atoms with Gasteiger partial charge in [0.25, 0.3) is 0 Å². The molecule has 2 rings (SSSR count). The lowest BCUT2D eigenvalue weighted by Crippen LogP contribution is -2.20. The molecule has 0 fully saturated rings. The van der Waals surface area contributed by atoms with Crippen molar-refractivity contribution in [1.82, 2.24) is 4.90 Å². The van der Waals surface area contributed by atoms with Gasteiger partial charge < -0.3 is 10.6 Å². The van der Waals surface area contributed by atoms with Gasteiger partial charge in [-0.05, 0) is 36.5 Å². The lowest BCUT2D eigenvalue weighted by Gasteiger charge is -2.16. The molecule has 2 aromatic rings. The van der Waals surface area contributed by atoms with Gasteiger partial charge in [-0.2, -0.15) is 0 Å². The average Bonchev–Trinajstić information content (AvgIpc) is 2.92. The van der Waals surface area contributed by atoms with E-state index >= 15 is 0 Å². The molecule has 19 heavy (non-hydrogen) atoms. The predicted molar refractivity (Wildman–Crippen MR) is 78.6 cm³/mol. The van der Waals surface area contributed by atoms with Crippen molar-refractivity contribution in [3.8, 4) is 0 Å². The largest absolute Gasteiger partial charge is 0.326 e. The van der Waals surface area contributed by atoms with Gasteiger partial charge in [-0.3, -0.25) is 0 Å². The molecule has 0 atom stereocenters. The molecule has 2 nitrogen and oxygen atoms in total. The number of halogens is 1. The van der Waals surface area contributed by atoms with E-state index < -0.39 is 0 Å². The SMILES string of the molecule is CN(CCc1cccs1)Cc1ccc(F)c(CN)c1. The van der Waals surface area contributed by atoms with Crippen LogP contribution < -0.4 is 5.73 Å².